The average Bonchev–Trinajstić information content (AvgIpc) is 3.50. The van der Waals surface area contributed by atoms with Crippen LogP contribution in [0.15, 0.2) is 121 Å². The van der Waals surface area contributed by atoms with E-state index in [1.54, 1.807) is 12.1 Å². The zero-order chi connectivity index (χ0) is 63.6. The fourth-order valence-electron chi connectivity index (χ4n) is 11.9. The van der Waals surface area contributed by atoms with Gasteiger partial charge in [0.25, 0.3) is 0 Å². The van der Waals surface area contributed by atoms with Gasteiger partial charge in [-0.05, 0) is 204 Å². The van der Waals surface area contributed by atoms with Crippen molar-refractivity contribution in [2.24, 2.45) is 10.8 Å². The van der Waals surface area contributed by atoms with Gasteiger partial charge in [0, 0.05) is 15.6 Å². The number of esters is 2. The van der Waals surface area contributed by atoms with Gasteiger partial charge in [0.1, 0.15) is 0 Å². The van der Waals surface area contributed by atoms with Crippen LogP contribution in [0.5, 0.6) is 0 Å². The number of hydrogen-bond acceptors (Lipinski definition) is 8. The summed E-state index contributed by atoms with van der Waals surface area (Å²) in [5.41, 5.74) is 17.7. The molecule has 0 aliphatic carbocycles. The zero-order valence-corrected chi connectivity index (χ0v) is 56.6. The number of aliphatic hydroxyl groups excluding tert-OH is 3. The number of rotatable bonds is 22. The van der Waals surface area contributed by atoms with Gasteiger partial charge in [0.15, 0.2) is 12.2 Å². The van der Waals surface area contributed by atoms with E-state index in [-0.39, 0.29) is 38.6 Å². The fraction of sp³-hybridized carbons (Fsp3) is 0.500. The average molecular weight is 1180 g/mol. The number of carbonyl (C=O) groups is 2. The van der Waals surface area contributed by atoms with Crippen molar-refractivity contribution in [1.82, 2.24) is 0 Å². The minimum absolute atomic E-state index is 0.0649. The van der Waals surface area contributed by atoms with Gasteiger partial charge in [-0.2, -0.15) is 0 Å². The van der Waals surface area contributed by atoms with E-state index in [0.717, 1.165) is 84.7 Å². The highest BCUT2D eigenvalue weighted by atomic mass is 32.3. The van der Waals surface area contributed by atoms with Crippen molar-refractivity contribution in [3.63, 3.8) is 0 Å². The molecule has 6 aromatic carbocycles. The second-order valence-corrected chi connectivity index (χ2v) is 31.2. The van der Waals surface area contributed by atoms with Crippen molar-refractivity contribution in [1.29, 1.82) is 0 Å². The first-order chi connectivity index (χ1) is 39.7. The van der Waals surface area contributed by atoms with Crippen LogP contribution >= 0.6 is 10.3 Å². The molecule has 3 N–H and O–H groups in total. The molecule has 0 heterocycles. The van der Waals surface area contributed by atoms with Crippen LogP contribution in [-0.4, -0.2) is 70.9 Å². The van der Waals surface area contributed by atoms with Crippen LogP contribution in [0.1, 0.15) is 208 Å². The smallest absolute Gasteiger partial charge is 0.339 e. The molecule has 6 rings (SSSR count). The molecule has 0 aliphatic heterocycles. The third-order valence-corrected chi connectivity index (χ3v) is 22.5. The molecular formula is C76H106O8S. The van der Waals surface area contributed by atoms with Crippen molar-refractivity contribution < 1.29 is 38.6 Å². The molecule has 9 heteroatoms. The molecule has 0 amide bonds. The molecule has 4 atom stereocenters. The molecular weight excluding hydrogens is 1070 g/mol. The molecule has 464 valence electrons. The molecule has 2 unspecified atom stereocenters. The summed E-state index contributed by atoms with van der Waals surface area (Å²) in [4.78, 5) is 23.8. The molecule has 0 saturated carbocycles. The molecule has 0 aromatic heterocycles. The van der Waals surface area contributed by atoms with Crippen LogP contribution in [0.25, 0.3) is 22.3 Å². The number of aryl methyl sites for hydroxylation is 6. The highest BCUT2D eigenvalue weighted by molar-refractivity contribution is 8.29. The maximum atomic E-state index is 11.9. The Hall–Kier alpha value is -5.55. The quantitative estimate of drug-likeness (QED) is 0.0575. The van der Waals surface area contributed by atoms with Crippen LogP contribution in [-0.2, 0) is 46.9 Å². The van der Waals surface area contributed by atoms with Gasteiger partial charge in [-0.3, -0.25) is 0 Å². The standard InChI is InChI=1S/C41H60O4S.C35H46O4/c1-14-41(15-2,34-22-23-35(29(4)26-34)31-17-16-18-32(27-31)37(42)38(43)44-11)33-21-19-30(28(3)25-33)20-24-36(39(5,6)7)45-46(12,13)40(8,9)10;1-9-35(10-2,28-16-14-25(23(3)20-28)15-19-31(36)34(5,6)7)29-17-18-30(24(4)21-29)26-12-11-13-27(22-26)32(37)33(38)39-8/h16-19,21-23,25-27,36-37,42H,14-15,20,24H2,1-13H3;11-14,16-18,20-22,31-32,36-37H,9-10,15,19H2,1-8H3/t36?,37-;31?,32-/m11/s1. The number of carbonyl (C=O) groups excluding carboxylic acids is 2. The predicted molar refractivity (Wildman–Crippen MR) is 358 cm³/mol. The second-order valence-electron chi connectivity index (χ2n) is 27.3. The number of aliphatic hydroxyl groups is 3. The van der Waals surface area contributed by atoms with Crippen molar-refractivity contribution in [2.75, 3.05) is 26.7 Å². The van der Waals surface area contributed by atoms with E-state index in [0.29, 0.717) is 11.1 Å². The summed E-state index contributed by atoms with van der Waals surface area (Å²) in [5.74, 6) is -1.32. The summed E-state index contributed by atoms with van der Waals surface area (Å²) in [7, 11) is 1.34. The van der Waals surface area contributed by atoms with E-state index in [1.807, 2.05) is 36.4 Å². The molecule has 85 heavy (non-hydrogen) atoms. The van der Waals surface area contributed by atoms with Crippen LogP contribution in [0.3, 0.4) is 0 Å². The molecule has 6 aromatic rings. The molecule has 0 fully saturated rings. The Balaban J connectivity index is 0.000000315. The largest absolute Gasteiger partial charge is 0.467 e. The lowest BCUT2D eigenvalue weighted by Crippen LogP contribution is -2.35. The van der Waals surface area contributed by atoms with Gasteiger partial charge in [0.2, 0.25) is 0 Å². The lowest BCUT2D eigenvalue weighted by molar-refractivity contribution is -0.151. The number of ether oxygens (including phenoxy) is 2. The lowest BCUT2D eigenvalue weighted by Gasteiger charge is -2.48. The molecule has 0 spiro atoms. The molecule has 0 saturated heterocycles. The first kappa shape index (κ1) is 70.2. The maximum absolute atomic E-state index is 11.9. The van der Waals surface area contributed by atoms with Gasteiger partial charge in [-0.15, -0.1) is 10.3 Å². The summed E-state index contributed by atoms with van der Waals surface area (Å²) in [6.07, 6.45) is 9.44. The highest BCUT2D eigenvalue weighted by Crippen LogP contribution is 2.56. The van der Waals surface area contributed by atoms with E-state index in [1.165, 1.54) is 58.7 Å². The van der Waals surface area contributed by atoms with E-state index >= 15 is 0 Å². The SMILES string of the molecule is CCC(CC)(c1ccc(CCC(O)C(C)(C)C)c(C)c1)c1ccc(-c2cccc([C@@H](O)C(=O)OC)c2)c(C)c1.CCC(CC)(c1ccc(CCC(OS(C)(C)C(C)(C)C)C(C)(C)C)c(C)c1)c1ccc(-c2cccc([C@@H](O)C(=O)OC)c2)c(C)c1. The zero-order valence-electron chi connectivity index (χ0n) is 55.8. The van der Waals surface area contributed by atoms with Crippen LogP contribution < -0.4 is 0 Å². The summed E-state index contributed by atoms with van der Waals surface area (Å²) >= 11 is 0. The van der Waals surface area contributed by atoms with Crippen molar-refractivity contribution in [3.8, 4) is 22.3 Å². The van der Waals surface area contributed by atoms with E-state index < -0.39 is 34.5 Å². The van der Waals surface area contributed by atoms with Gasteiger partial charge in [0.05, 0.1) is 26.4 Å². The monoisotopic (exact) mass is 1180 g/mol. The van der Waals surface area contributed by atoms with Crippen molar-refractivity contribution in [3.05, 3.63) is 188 Å². The van der Waals surface area contributed by atoms with Crippen molar-refractivity contribution in [2.45, 2.75) is 209 Å². The fourth-order valence-corrected chi connectivity index (χ4v) is 13.2. The van der Waals surface area contributed by atoms with Gasteiger partial charge in [-0.1, -0.05) is 199 Å². The summed E-state index contributed by atoms with van der Waals surface area (Å²) in [6.45, 7) is 37.8. The van der Waals surface area contributed by atoms with Gasteiger partial charge in [-0.25, -0.2) is 9.59 Å². The topological polar surface area (TPSA) is 123 Å². The minimum atomic E-state index is -1.30. The van der Waals surface area contributed by atoms with E-state index in [9.17, 15) is 24.9 Å². The van der Waals surface area contributed by atoms with E-state index in [2.05, 4.69) is 203 Å². The third kappa shape index (κ3) is 16.5. The Morgan fingerprint density at radius 3 is 1.13 bits per heavy atom. The Labute approximate surface area is 515 Å². The summed E-state index contributed by atoms with van der Waals surface area (Å²) in [5, 5.41) is 31.2. The van der Waals surface area contributed by atoms with Crippen molar-refractivity contribution >= 4 is 22.2 Å². The summed E-state index contributed by atoms with van der Waals surface area (Å²) in [6, 6.07) is 42.4. The molecule has 0 radical (unpaired) electrons. The highest BCUT2D eigenvalue weighted by Gasteiger charge is 2.37. The third-order valence-electron chi connectivity index (χ3n) is 18.8. The normalized spacial score (nSPS) is 14.2. The lowest BCUT2D eigenvalue weighted by atomic mass is 9.69. The minimum Gasteiger partial charge on any atom is -0.467 e. The Morgan fingerprint density at radius 1 is 0.471 bits per heavy atom. The predicted octanol–water partition coefficient (Wildman–Crippen LogP) is 18.0. The van der Waals surface area contributed by atoms with Crippen LogP contribution in [0.4, 0.5) is 0 Å². The molecule has 0 aliphatic rings. The Kier molecular flexibility index (Phi) is 23.9. The molecule has 0 bridgehead atoms. The van der Waals surface area contributed by atoms with Gasteiger partial charge < -0.3 is 29.0 Å². The first-order valence-electron chi connectivity index (χ1n) is 30.9. The first-order valence-corrected chi connectivity index (χ1v) is 33.3. The molecule has 8 nitrogen and oxygen atoms in total. The van der Waals surface area contributed by atoms with Crippen LogP contribution in [0.2, 0.25) is 0 Å². The second kappa shape index (κ2) is 29.0. The summed E-state index contributed by atoms with van der Waals surface area (Å²) < 4.78 is 16.5. The Bertz CT molecular complexity index is 3190. The Morgan fingerprint density at radius 2 is 0.824 bits per heavy atom. The van der Waals surface area contributed by atoms with E-state index in [4.69, 9.17) is 13.7 Å². The van der Waals surface area contributed by atoms with Crippen LogP contribution in [0, 0.1) is 38.5 Å². The number of methoxy groups -OCH3 is 2. The number of hydrogen-bond donors (Lipinski definition) is 3. The van der Waals surface area contributed by atoms with Gasteiger partial charge >= 0.3 is 11.9 Å². The maximum Gasteiger partial charge on any atom is 0.339 e. The number of benzene rings is 6.